The smallest absolute Gasteiger partial charge is 0.0737 e. The highest BCUT2D eigenvalue weighted by Gasteiger charge is 2.42. The van der Waals surface area contributed by atoms with Gasteiger partial charge in [-0.3, -0.25) is 0 Å². The lowest BCUT2D eigenvalue weighted by atomic mass is 9.85. The van der Waals surface area contributed by atoms with E-state index in [1.807, 2.05) is 0 Å². The predicted molar refractivity (Wildman–Crippen MR) is 76.8 cm³/mol. The SMILES string of the molecule is CCC1CCCC(OC2CCC(C)(C)C2NC)C1. The fourth-order valence-corrected chi connectivity index (χ4v) is 4.05. The summed E-state index contributed by atoms with van der Waals surface area (Å²) in [6.45, 7) is 7.06. The molecule has 2 rings (SSSR count). The summed E-state index contributed by atoms with van der Waals surface area (Å²) in [5.74, 6) is 0.909. The van der Waals surface area contributed by atoms with E-state index in [-0.39, 0.29) is 0 Å². The molecule has 2 aliphatic rings. The van der Waals surface area contributed by atoms with Crippen LogP contribution < -0.4 is 5.32 Å². The van der Waals surface area contributed by atoms with E-state index in [4.69, 9.17) is 4.74 Å². The molecule has 2 heteroatoms. The molecule has 0 bridgehead atoms. The fourth-order valence-electron chi connectivity index (χ4n) is 4.05. The second-order valence-corrected chi connectivity index (χ2v) is 7.03. The van der Waals surface area contributed by atoms with Crippen molar-refractivity contribution >= 4 is 0 Å². The van der Waals surface area contributed by atoms with E-state index < -0.39 is 0 Å². The van der Waals surface area contributed by atoms with Crippen LogP contribution in [0.1, 0.15) is 65.7 Å². The molecule has 4 unspecified atom stereocenters. The molecule has 0 aliphatic heterocycles. The summed E-state index contributed by atoms with van der Waals surface area (Å²) in [6, 6.07) is 0.527. The van der Waals surface area contributed by atoms with E-state index in [1.165, 1.54) is 44.9 Å². The Bertz CT molecular complexity index is 264. The van der Waals surface area contributed by atoms with Gasteiger partial charge < -0.3 is 10.1 Å². The molecule has 0 amide bonds. The van der Waals surface area contributed by atoms with Crippen LogP contribution in [0.25, 0.3) is 0 Å². The normalized spacial score (nSPS) is 40.0. The lowest BCUT2D eigenvalue weighted by Crippen LogP contribution is -2.45. The summed E-state index contributed by atoms with van der Waals surface area (Å²) in [6.07, 6.45) is 10.2. The molecule has 1 N–H and O–H groups in total. The van der Waals surface area contributed by atoms with E-state index in [2.05, 4.69) is 33.1 Å². The minimum absolute atomic E-state index is 0.387. The summed E-state index contributed by atoms with van der Waals surface area (Å²) >= 11 is 0. The molecule has 18 heavy (non-hydrogen) atoms. The first-order chi connectivity index (χ1) is 8.56. The van der Waals surface area contributed by atoms with Gasteiger partial charge in [0.05, 0.1) is 12.2 Å². The van der Waals surface area contributed by atoms with Crippen molar-refractivity contribution in [2.45, 2.75) is 84.0 Å². The number of likely N-dealkylation sites (N-methyl/N-ethyl adjacent to an activating group) is 1. The minimum atomic E-state index is 0.387. The fraction of sp³-hybridized carbons (Fsp3) is 1.00. The second-order valence-electron chi connectivity index (χ2n) is 7.03. The van der Waals surface area contributed by atoms with Gasteiger partial charge >= 0.3 is 0 Å². The summed E-state index contributed by atoms with van der Waals surface area (Å²) in [4.78, 5) is 0. The Labute approximate surface area is 113 Å². The van der Waals surface area contributed by atoms with Crippen LogP contribution in [-0.4, -0.2) is 25.3 Å². The van der Waals surface area contributed by atoms with E-state index in [9.17, 15) is 0 Å². The predicted octanol–water partition coefficient (Wildman–Crippen LogP) is 3.75. The maximum absolute atomic E-state index is 6.46. The van der Waals surface area contributed by atoms with E-state index in [0.717, 1.165) is 5.92 Å². The Morgan fingerprint density at radius 2 is 2.00 bits per heavy atom. The summed E-state index contributed by atoms with van der Waals surface area (Å²) < 4.78 is 6.46. The Hall–Kier alpha value is -0.0800. The Morgan fingerprint density at radius 3 is 2.67 bits per heavy atom. The van der Waals surface area contributed by atoms with Crippen LogP contribution >= 0.6 is 0 Å². The van der Waals surface area contributed by atoms with Crippen LogP contribution in [-0.2, 0) is 4.74 Å². The molecular formula is C16H31NO. The van der Waals surface area contributed by atoms with Crippen molar-refractivity contribution in [1.29, 1.82) is 0 Å². The van der Waals surface area contributed by atoms with Gasteiger partial charge in [-0.2, -0.15) is 0 Å². The molecule has 0 radical (unpaired) electrons. The lowest BCUT2D eigenvalue weighted by Gasteiger charge is -2.35. The first-order valence-corrected chi connectivity index (χ1v) is 7.89. The highest BCUT2D eigenvalue weighted by atomic mass is 16.5. The zero-order valence-corrected chi connectivity index (χ0v) is 12.7. The summed E-state index contributed by atoms with van der Waals surface area (Å²) in [5.41, 5.74) is 0.387. The third-order valence-electron chi connectivity index (χ3n) is 5.28. The van der Waals surface area contributed by atoms with Gasteiger partial charge in [-0.1, -0.05) is 40.0 Å². The van der Waals surface area contributed by atoms with Crippen molar-refractivity contribution < 1.29 is 4.74 Å². The maximum Gasteiger partial charge on any atom is 0.0737 e. The minimum Gasteiger partial charge on any atom is -0.373 e. The third kappa shape index (κ3) is 3.08. The van der Waals surface area contributed by atoms with Gasteiger partial charge in [0.15, 0.2) is 0 Å². The zero-order valence-electron chi connectivity index (χ0n) is 12.7. The molecule has 2 fully saturated rings. The summed E-state index contributed by atoms with van der Waals surface area (Å²) in [5, 5.41) is 3.49. The van der Waals surface area contributed by atoms with Gasteiger partial charge in [0.25, 0.3) is 0 Å². The molecule has 0 aromatic rings. The van der Waals surface area contributed by atoms with Gasteiger partial charge in [0, 0.05) is 6.04 Å². The number of hydrogen-bond donors (Lipinski definition) is 1. The van der Waals surface area contributed by atoms with Crippen LogP contribution in [0.5, 0.6) is 0 Å². The quantitative estimate of drug-likeness (QED) is 0.824. The van der Waals surface area contributed by atoms with E-state index in [0.29, 0.717) is 23.7 Å². The van der Waals surface area contributed by atoms with Crippen LogP contribution in [0.15, 0.2) is 0 Å². The van der Waals surface area contributed by atoms with Crippen LogP contribution in [0, 0.1) is 11.3 Å². The molecule has 4 atom stereocenters. The Kier molecular flexibility index (Phi) is 4.71. The number of hydrogen-bond acceptors (Lipinski definition) is 2. The van der Waals surface area contributed by atoms with Gasteiger partial charge in [-0.25, -0.2) is 0 Å². The molecule has 2 aliphatic carbocycles. The molecule has 2 saturated carbocycles. The molecule has 0 aromatic heterocycles. The second kappa shape index (κ2) is 5.92. The monoisotopic (exact) mass is 253 g/mol. The largest absolute Gasteiger partial charge is 0.373 e. The lowest BCUT2D eigenvalue weighted by molar-refractivity contribution is -0.0531. The van der Waals surface area contributed by atoms with Crippen molar-refractivity contribution in [3.05, 3.63) is 0 Å². The number of nitrogens with one attached hydrogen (secondary N) is 1. The van der Waals surface area contributed by atoms with Gasteiger partial charge in [-0.05, 0) is 44.1 Å². The zero-order chi connectivity index (χ0) is 13.2. The van der Waals surface area contributed by atoms with Crippen molar-refractivity contribution in [2.75, 3.05) is 7.05 Å². The molecule has 0 aromatic carbocycles. The number of rotatable bonds is 4. The first kappa shape index (κ1) is 14.3. The summed E-state index contributed by atoms with van der Waals surface area (Å²) in [7, 11) is 2.09. The van der Waals surface area contributed by atoms with E-state index in [1.54, 1.807) is 0 Å². The molecule has 106 valence electrons. The van der Waals surface area contributed by atoms with Crippen molar-refractivity contribution in [2.24, 2.45) is 11.3 Å². The molecule has 0 heterocycles. The van der Waals surface area contributed by atoms with Crippen molar-refractivity contribution in [3.63, 3.8) is 0 Å². The topological polar surface area (TPSA) is 21.3 Å². The average Bonchev–Trinajstić information content (AvgIpc) is 2.64. The van der Waals surface area contributed by atoms with Crippen LogP contribution in [0.4, 0.5) is 0 Å². The van der Waals surface area contributed by atoms with Gasteiger partial charge in [0.2, 0.25) is 0 Å². The third-order valence-corrected chi connectivity index (χ3v) is 5.28. The number of ether oxygens (including phenoxy) is 1. The highest BCUT2D eigenvalue weighted by molar-refractivity contribution is 4.97. The molecule has 2 nitrogen and oxygen atoms in total. The maximum atomic E-state index is 6.46. The standard InChI is InChI=1S/C16H31NO/c1-5-12-7-6-8-13(11-12)18-14-9-10-16(2,3)15(14)17-4/h12-15,17H,5-11H2,1-4H3. The molecule has 0 saturated heterocycles. The highest BCUT2D eigenvalue weighted by Crippen LogP contribution is 2.40. The van der Waals surface area contributed by atoms with Gasteiger partial charge in [-0.15, -0.1) is 0 Å². The van der Waals surface area contributed by atoms with Crippen LogP contribution in [0.3, 0.4) is 0 Å². The Balaban J connectivity index is 1.89. The van der Waals surface area contributed by atoms with Crippen molar-refractivity contribution in [3.8, 4) is 0 Å². The van der Waals surface area contributed by atoms with Crippen molar-refractivity contribution in [1.82, 2.24) is 5.32 Å². The van der Waals surface area contributed by atoms with Crippen LogP contribution in [0.2, 0.25) is 0 Å². The van der Waals surface area contributed by atoms with Gasteiger partial charge in [0.1, 0.15) is 0 Å². The Morgan fingerprint density at radius 1 is 1.22 bits per heavy atom. The average molecular weight is 253 g/mol. The van der Waals surface area contributed by atoms with E-state index >= 15 is 0 Å². The molecule has 0 spiro atoms. The molecular weight excluding hydrogens is 222 g/mol. The first-order valence-electron chi connectivity index (χ1n) is 7.89.